The Labute approximate surface area is 146 Å². The number of piperidine rings is 1. The third-order valence-electron chi connectivity index (χ3n) is 4.20. The van der Waals surface area contributed by atoms with E-state index in [2.05, 4.69) is 17.0 Å². The smallest absolute Gasteiger partial charge is 0.309 e. The lowest BCUT2D eigenvalue weighted by molar-refractivity contribution is -0.161. The fourth-order valence-corrected chi connectivity index (χ4v) is 2.93. The number of ether oxygens (including phenoxy) is 2. The molecule has 0 amide bonds. The van der Waals surface area contributed by atoms with Gasteiger partial charge >= 0.3 is 5.97 Å². The molecule has 1 aromatic rings. The second kappa shape index (κ2) is 9.19. The highest BCUT2D eigenvalue weighted by Gasteiger charge is 2.28. The number of likely N-dealkylation sites (tertiary alicyclic amines) is 1. The summed E-state index contributed by atoms with van der Waals surface area (Å²) in [6.07, 6.45) is 2.84. The van der Waals surface area contributed by atoms with Crippen molar-refractivity contribution < 1.29 is 14.3 Å². The summed E-state index contributed by atoms with van der Waals surface area (Å²) in [6.45, 7) is 10.2. The Hall–Kier alpha value is -1.39. The average Bonchev–Trinajstić information content (AvgIpc) is 2.54. The van der Waals surface area contributed by atoms with Crippen LogP contribution in [0, 0.1) is 5.92 Å². The second-order valence-corrected chi connectivity index (χ2v) is 7.54. The standard InChI is InChI=1S/C20H31NO3/c1-20(2,3)24-19(22)18-10-13-21(14-11-18)12-7-15-23-16-17-8-5-4-6-9-17/h4-6,8-9,18H,7,10-16H2,1-3H3. The molecule has 1 aliphatic rings. The average molecular weight is 333 g/mol. The van der Waals surface area contributed by atoms with E-state index in [-0.39, 0.29) is 17.5 Å². The molecule has 1 heterocycles. The van der Waals surface area contributed by atoms with Gasteiger partial charge in [0.2, 0.25) is 0 Å². The molecule has 24 heavy (non-hydrogen) atoms. The molecular weight excluding hydrogens is 302 g/mol. The summed E-state index contributed by atoms with van der Waals surface area (Å²) in [6, 6.07) is 10.3. The Morgan fingerprint density at radius 3 is 2.46 bits per heavy atom. The number of benzene rings is 1. The van der Waals surface area contributed by atoms with Gasteiger partial charge in [-0.05, 0) is 58.7 Å². The highest BCUT2D eigenvalue weighted by atomic mass is 16.6. The van der Waals surface area contributed by atoms with Crippen LogP contribution < -0.4 is 0 Å². The van der Waals surface area contributed by atoms with Crippen LogP contribution >= 0.6 is 0 Å². The van der Waals surface area contributed by atoms with Gasteiger partial charge < -0.3 is 14.4 Å². The normalized spacial score (nSPS) is 17.0. The SMILES string of the molecule is CC(C)(C)OC(=O)C1CCN(CCCOCc2ccccc2)CC1. The lowest BCUT2D eigenvalue weighted by Gasteiger charge is -2.32. The predicted molar refractivity (Wildman–Crippen MR) is 95.7 cm³/mol. The van der Waals surface area contributed by atoms with Gasteiger partial charge in [0.05, 0.1) is 12.5 Å². The van der Waals surface area contributed by atoms with Crippen molar-refractivity contribution >= 4 is 5.97 Å². The van der Waals surface area contributed by atoms with Crippen LogP contribution in [0.2, 0.25) is 0 Å². The summed E-state index contributed by atoms with van der Waals surface area (Å²) >= 11 is 0. The molecule has 0 bridgehead atoms. The van der Waals surface area contributed by atoms with Crippen molar-refractivity contribution in [1.29, 1.82) is 0 Å². The summed E-state index contributed by atoms with van der Waals surface area (Å²) in [4.78, 5) is 14.5. The molecule has 0 unspecified atom stereocenters. The van der Waals surface area contributed by atoms with E-state index in [1.807, 2.05) is 39.0 Å². The molecule has 0 aromatic heterocycles. The van der Waals surface area contributed by atoms with Crippen LogP contribution in [0.1, 0.15) is 45.6 Å². The minimum Gasteiger partial charge on any atom is -0.460 e. The van der Waals surface area contributed by atoms with Gasteiger partial charge in [-0.3, -0.25) is 4.79 Å². The van der Waals surface area contributed by atoms with Crippen molar-refractivity contribution in [3.63, 3.8) is 0 Å². The Kier molecular flexibility index (Phi) is 7.25. The van der Waals surface area contributed by atoms with E-state index >= 15 is 0 Å². The number of hydrogen-bond donors (Lipinski definition) is 0. The highest BCUT2D eigenvalue weighted by Crippen LogP contribution is 2.21. The summed E-state index contributed by atoms with van der Waals surface area (Å²) in [5.41, 5.74) is 0.834. The topological polar surface area (TPSA) is 38.8 Å². The van der Waals surface area contributed by atoms with E-state index in [9.17, 15) is 4.79 Å². The molecule has 2 rings (SSSR count). The van der Waals surface area contributed by atoms with Crippen LogP contribution in [-0.2, 0) is 20.9 Å². The fraction of sp³-hybridized carbons (Fsp3) is 0.650. The first-order valence-electron chi connectivity index (χ1n) is 9.01. The van der Waals surface area contributed by atoms with E-state index in [0.29, 0.717) is 6.61 Å². The molecule has 134 valence electrons. The molecule has 1 fully saturated rings. The molecule has 0 atom stereocenters. The third kappa shape index (κ3) is 7.02. The minimum absolute atomic E-state index is 0.0339. The van der Waals surface area contributed by atoms with Crippen LogP contribution in [0.25, 0.3) is 0 Å². The van der Waals surface area contributed by atoms with Gasteiger partial charge in [-0.2, -0.15) is 0 Å². The van der Waals surface area contributed by atoms with Crippen molar-refractivity contribution in [2.75, 3.05) is 26.2 Å². The molecule has 0 aliphatic carbocycles. The van der Waals surface area contributed by atoms with Crippen LogP contribution in [-0.4, -0.2) is 42.7 Å². The molecule has 0 spiro atoms. The third-order valence-corrected chi connectivity index (χ3v) is 4.20. The van der Waals surface area contributed by atoms with Gasteiger partial charge in [0.15, 0.2) is 0 Å². The first kappa shape index (κ1) is 18.9. The van der Waals surface area contributed by atoms with Crippen LogP contribution in [0.3, 0.4) is 0 Å². The van der Waals surface area contributed by atoms with Crippen LogP contribution in [0.4, 0.5) is 0 Å². The van der Waals surface area contributed by atoms with Gasteiger partial charge in [-0.25, -0.2) is 0 Å². The molecule has 4 heteroatoms. The molecule has 1 aliphatic heterocycles. The molecule has 1 aromatic carbocycles. The Bertz CT molecular complexity index is 487. The zero-order valence-corrected chi connectivity index (χ0v) is 15.3. The van der Waals surface area contributed by atoms with Crippen molar-refractivity contribution in [1.82, 2.24) is 4.90 Å². The molecular formula is C20H31NO3. The van der Waals surface area contributed by atoms with E-state index in [4.69, 9.17) is 9.47 Å². The number of nitrogens with zero attached hydrogens (tertiary/aromatic N) is 1. The summed E-state index contributed by atoms with van der Waals surface area (Å²) in [5, 5.41) is 0. The lowest BCUT2D eigenvalue weighted by atomic mass is 9.96. The Morgan fingerprint density at radius 2 is 1.83 bits per heavy atom. The molecule has 4 nitrogen and oxygen atoms in total. The second-order valence-electron chi connectivity index (χ2n) is 7.54. The molecule has 0 N–H and O–H groups in total. The summed E-state index contributed by atoms with van der Waals surface area (Å²) < 4.78 is 11.2. The van der Waals surface area contributed by atoms with Crippen molar-refractivity contribution in [2.45, 2.75) is 52.2 Å². The van der Waals surface area contributed by atoms with E-state index in [1.54, 1.807) is 0 Å². The van der Waals surface area contributed by atoms with E-state index in [1.165, 1.54) is 5.56 Å². The van der Waals surface area contributed by atoms with Crippen molar-refractivity contribution in [3.8, 4) is 0 Å². The number of carbonyl (C=O) groups is 1. The fourth-order valence-electron chi connectivity index (χ4n) is 2.93. The van der Waals surface area contributed by atoms with Gasteiger partial charge in [0.25, 0.3) is 0 Å². The summed E-state index contributed by atoms with van der Waals surface area (Å²) in [5.74, 6) is 0.0307. The van der Waals surface area contributed by atoms with Crippen molar-refractivity contribution in [2.24, 2.45) is 5.92 Å². The van der Waals surface area contributed by atoms with Gasteiger partial charge in [0.1, 0.15) is 5.60 Å². The summed E-state index contributed by atoms with van der Waals surface area (Å²) in [7, 11) is 0. The van der Waals surface area contributed by atoms with Crippen LogP contribution in [0.15, 0.2) is 30.3 Å². The Morgan fingerprint density at radius 1 is 1.17 bits per heavy atom. The largest absolute Gasteiger partial charge is 0.460 e. The molecule has 0 radical (unpaired) electrons. The maximum Gasteiger partial charge on any atom is 0.309 e. The quantitative estimate of drug-likeness (QED) is 0.564. The van der Waals surface area contributed by atoms with Crippen molar-refractivity contribution in [3.05, 3.63) is 35.9 Å². The zero-order chi connectivity index (χ0) is 17.4. The predicted octanol–water partition coefficient (Wildman–Crippen LogP) is 3.65. The monoisotopic (exact) mass is 333 g/mol. The first-order valence-corrected chi connectivity index (χ1v) is 9.01. The molecule has 1 saturated heterocycles. The van der Waals surface area contributed by atoms with Gasteiger partial charge in [0, 0.05) is 13.2 Å². The van der Waals surface area contributed by atoms with E-state index in [0.717, 1.165) is 45.5 Å². The maximum absolute atomic E-state index is 12.1. The zero-order valence-electron chi connectivity index (χ0n) is 15.3. The number of carbonyl (C=O) groups excluding carboxylic acids is 1. The van der Waals surface area contributed by atoms with Gasteiger partial charge in [-0.1, -0.05) is 30.3 Å². The Balaban J connectivity index is 1.56. The number of hydrogen-bond acceptors (Lipinski definition) is 4. The first-order chi connectivity index (χ1) is 11.4. The molecule has 0 saturated carbocycles. The van der Waals surface area contributed by atoms with E-state index < -0.39 is 0 Å². The maximum atomic E-state index is 12.1. The minimum atomic E-state index is -0.385. The van der Waals surface area contributed by atoms with Crippen LogP contribution in [0.5, 0.6) is 0 Å². The number of rotatable bonds is 7. The lowest BCUT2D eigenvalue weighted by Crippen LogP contribution is -2.39. The van der Waals surface area contributed by atoms with Gasteiger partial charge in [-0.15, -0.1) is 0 Å². The highest BCUT2D eigenvalue weighted by molar-refractivity contribution is 5.73. The number of esters is 1.